The number of non-ortho nitro benzene ring substituents is 1. The molecule has 0 bridgehead atoms. The van der Waals surface area contributed by atoms with E-state index in [0.29, 0.717) is 10.6 Å². The van der Waals surface area contributed by atoms with Crippen LogP contribution in [0.4, 0.5) is 16.2 Å². The molecule has 1 aromatic heterocycles. The highest BCUT2D eigenvalue weighted by Crippen LogP contribution is 2.36. The van der Waals surface area contributed by atoms with Gasteiger partial charge in [-0.15, -0.1) is 0 Å². The topological polar surface area (TPSA) is 85.5 Å². The minimum atomic E-state index is -0.437. The quantitative estimate of drug-likeness (QED) is 0.328. The van der Waals surface area contributed by atoms with Crippen LogP contribution in [0.3, 0.4) is 0 Å². The molecule has 0 saturated carbocycles. The second kappa shape index (κ2) is 7.64. The number of hydrogen-bond acceptors (Lipinski definition) is 5. The van der Waals surface area contributed by atoms with Gasteiger partial charge >= 0.3 is 0 Å². The SMILES string of the molecule is Cc1cc(/C=C2/SC(=O)N(c3ccccc3)C2=O)c(C)n1-c1ccc([N+](=O)[O-])cc1. The highest BCUT2D eigenvalue weighted by Gasteiger charge is 2.36. The molecular weight excluding hydrogens is 402 g/mol. The molecule has 1 aliphatic rings. The van der Waals surface area contributed by atoms with Crippen molar-refractivity contribution in [3.8, 4) is 5.69 Å². The number of imide groups is 1. The Morgan fingerprint density at radius 1 is 0.967 bits per heavy atom. The second-order valence-electron chi connectivity index (χ2n) is 6.79. The maximum absolute atomic E-state index is 12.8. The number of nitrogens with zero attached hydrogens (tertiary/aromatic N) is 3. The van der Waals surface area contributed by atoms with Crippen molar-refractivity contribution in [2.45, 2.75) is 13.8 Å². The Morgan fingerprint density at radius 3 is 2.27 bits per heavy atom. The molecule has 0 spiro atoms. The molecule has 3 aromatic rings. The van der Waals surface area contributed by atoms with Crippen molar-refractivity contribution in [1.29, 1.82) is 0 Å². The van der Waals surface area contributed by atoms with E-state index < -0.39 is 4.92 Å². The van der Waals surface area contributed by atoms with Crippen LogP contribution >= 0.6 is 11.8 Å². The normalized spacial score (nSPS) is 15.3. The van der Waals surface area contributed by atoms with Gasteiger partial charge in [-0.2, -0.15) is 0 Å². The van der Waals surface area contributed by atoms with Crippen LogP contribution in [-0.2, 0) is 4.79 Å². The van der Waals surface area contributed by atoms with E-state index in [1.807, 2.05) is 30.5 Å². The predicted molar refractivity (Wildman–Crippen MR) is 117 cm³/mol. The lowest BCUT2D eigenvalue weighted by molar-refractivity contribution is -0.384. The molecule has 2 heterocycles. The number of benzene rings is 2. The standard InChI is InChI=1S/C22H17N3O4S/c1-14-12-16(15(2)23(14)18-8-10-19(11-9-18)25(28)29)13-20-21(26)24(22(27)30-20)17-6-4-3-5-7-17/h3-13H,1-2H3/b20-13+. The van der Waals surface area contributed by atoms with Crippen LogP contribution in [0.15, 0.2) is 65.6 Å². The van der Waals surface area contributed by atoms with Gasteiger partial charge in [-0.1, -0.05) is 18.2 Å². The highest BCUT2D eigenvalue weighted by molar-refractivity contribution is 8.19. The fourth-order valence-corrected chi connectivity index (χ4v) is 4.30. The summed E-state index contributed by atoms with van der Waals surface area (Å²) in [5.41, 5.74) is 3.94. The van der Waals surface area contributed by atoms with Crippen LogP contribution < -0.4 is 4.90 Å². The summed E-state index contributed by atoms with van der Waals surface area (Å²) < 4.78 is 1.96. The van der Waals surface area contributed by atoms with Crippen molar-refractivity contribution in [3.05, 3.63) is 92.6 Å². The largest absolute Gasteiger partial charge is 0.318 e. The second-order valence-corrected chi connectivity index (χ2v) is 7.78. The Labute approximate surface area is 176 Å². The van der Waals surface area contributed by atoms with Gasteiger partial charge in [0, 0.05) is 29.2 Å². The van der Waals surface area contributed by atoms with Crippen molar-refractivity contribution in [1.82, 2.24) is 4.57 Å². The fourth-order valence-electron chi connectivity index (χ4n) is 3.46. The van der Waals surface area contributed by atoms with E-state index in [1.165, 1.54) is 17.0 Å². The molecule has 0 aliphatic carbocycles. The first-order valence-electron chi connectivity index (χ1n) is 9.13. The van der Waals surface area contributed by atoms with Crippen LogP contribution in [-0.4, -0.2) is 20.6 Å². The lowest BCUT2D eigenvalue weighted by Gasteiger charge is -2.11. The van der Waals surface area contributed by atoms with Crippen LogP contribution in [0, 0.1) is 24.0 Å². The van der Waals surface area contributed by atoms with Crippen molar-refractivity contribution in [2.75, 3.05) is 4.90 Å². The molecule has 8 heteroatoms. The summed E-state index contributed by atoms with van der Waals surface area (Å²) in [4.78, 5) is 37.2. The Balaban J connectivity index is 1.68. The number of rotatable bonds is 4. The number of para-hydroxylation sites is 1. The molecule has 1 fully saturated rings. The molecule has 4 rings (SSSR count). The number of aryl methyl sites for hydroxylation is 1. The summed E-state index contributed by atoms with van der Waals surface area (Å²) >= 11 is 0.911. The first-order chi connectivity index (χ1) is 14.4. The first-order valence-corrected chi connectivity index (χ1v) is 9.95. The monoisotopic (exact) mass is 419 g/mol. The molecule has 30 heavy (non-hydrogen) atoms. The number of aromatic nitrogens is 1. The Kier molecular flexibility index (Phi) is 5.01. The number of amides is 2. The summed E-state index contributed by atoms with van der Waals surface area (Å²) in [5, 5.41) is 10.6. The minimum absolute atomic E-state index is 0.0241. The summed E-state index contributed by atoms with van der Waals surface area (Å²) in [6, 6.07) is 17.0. The zero-order valence-electron chi connectivity index (χ0n) is 16.2. The summed E-state index contributed by atoms with van der Waals surface area (Å²) in [7, 11) is 0. The lowest BCUT2D eigenvalue weighted by atomic mass is 10.2. The third kappa shape index (κ3) is 3.42. The molecule has 2 amide bonds. The minimum Gasteiger partial charge on any atom is -0.318 e. The van der Waals surface area contributed by atoms with Gasteiger partial charge < -0.3 is 4.57 Å². The summed E-state index contributed by atoms with van der Waals surface area (Å²) in [5.74, 6) is -0.351. The van der Waals surface area contributed by atoms with Crippen molar-refractivity contribution < 1.29 is 14.5 Å². The third-order valence-electron chi connectivity index (χ3n) is 4.88. The molecule has 1 aliphatic heterocycles. The fraction of sp³-hybridized carbons (Fsp3) is 0.0909. The number of carbonyl (C=O) groups excluding carboxylic acids is 2. The van der Waals surface area contributed by atoms with E-state index >= 15 is 0 Å². The molecule has 0 unspecified atom stereocenters. The highest BCUT2D eigenvalue weighted by atomic mass is 32.2. The smallest absolute Gasteiger partial charge is 0.298 e. The van der Waals surface area contributed by atoms with E-state index in [4.69, 9.17) is 0 Å². The molecule has 0 N–H and O–H groups in total. The molecule has 0 radical (unpaired) electrons. The van der Waals surface area contributed by atoms with Crippen molar-refractivity contribution in [3.63, 3.8) is 0 Å². The van der Waals surface area contributed by atoms with E-state index in [2.05, 4.69) is 0 Å². The number of hydrogen-bond donors (Lipinski definition) is 0. The number of anilines is 1. The van der Waals surface area contributed by atoms with E-state index in [-0.39, 0.29) is 16.8 Å². The molecular formula is C22H17N3O4S. The number of nitro groups is 1. The lowest BCUT2D eigenvalue weighted by Crippen LogP contribution is -2.27. The van der Waals surface area contributed by atoms with Gasteiger partial charge in [-0.05, 0) is 67.6 Å². The number of nitro benzene ring substituents is 1. The van der Waals surface area contributed by atoms with Gasteiger partial charge in [0.2, 0.25) is 0 Å². The average molecular weight is 419 g/mol. The number of carbonyl (C=O) groups is 2. The summed E-state index contributed by atoms with van der Waals surface area (Å²) in [6.45, 7) is 3.82. The molecule has 7 nitrogen and oxygen atoms in total. The molecule has 1 saturated heterocycles. The zero-order valence-corrected chi connectivity index (χ0v) is 17.1. The number of thioether (sulfide) groups is 1. The zero-order chi connectivity index (χ0) is 21.4. The van der Waals surface area contributed by atoms with Gasteiger partial charge in [0.05, 0.1) is 15.5 Å². The molecule has 0 atom stereocenters. The van der Waals surface area contributed by atoms with E-state index in [1.54, 1.807) is 42.5 Å². The maximum atomic E-state index is 12.8. The first kappa shape index (κ1) is 19.7. The molecule has 2 aromatic carbocycles. The van der Waals surface area contributed by atoms with Gasteiger partial charge in [-0.3, -0.25) is 19.7 Å². The van der Waals surface area contributed by atoms with Gasteiger partial charge in [-0.25, -0.2) is 4.90 Å². The van der Waals surface area contributed by atoms with Crippen LogP contribution in [0.5, 0.6) is 0 Å². The Bertz CT molecular complexity index is 1200. The van der Waals surface area contributed by atoms with Crippen molar-refractivity contribution in [2.24, 2.45) is 0 Å². The third-order valence-corrected chi connectivity index (χ3v) is 5.75. The maximum Gasteiger partial charge on any atom is 0.298 e. The van der Waals surface area contributed by atoms with Crippen LogP contribution in [0.1, 0.15) is 17.0 Å². The average Bonchev–Trinajstić information content (AvgIpc) is 3.17. The predicted octanol–water partition coefficient (Wildman–Crippen LogP) is 5.24. The Morgan fingerprint density at radius 2 is 1.63 bits per heavy atom. The summed E-state index contributed by atoms with van der Waals surface area (Å²) in [6.07, 6.45) is 1.72. The molecule has 150 valence electrons. The van der Waals surface area contributed by atoms with E-state index in [9.17, 15) is 19.7 Å². The van der Waals surface area contributed by atoms with Crippen molar-refractivity contribution >= 4 is 40.4 Å². The Hall–Kier alpha value is -3.65. The van der Waals surface area contributed by atoms with E-state index in [0.717, 1.165) is 34.4 Å². The van der Waals surface area contributed by atoms with Crippen LogP contribution in [0.2, 0.25) is 0 Å². The van der Waals surface area contributed by atoms with Gasteiger partial charge in [0.1, 0.15) is 0 Å². The van der Waals surface area contributed by atoms with Crippen LogP contribution in [0.25, 0.3) is 11.8 Å². The van der Waals surface area contributed by atoms with Gasteiger partial charge in [0.15, 0.2) is 0 Å². The van der Waals surface area contributed by atoms with Gasteiger partial charge in [0.25, 0.3) is 16.8 Å².